The fourth-order valence-electron chi connectivity index (χ4n) is 3.07. The van der Waals surface area contributed by atoms with Gasteiger partial charge in [0.25, 0.3) is 0 Å². The van der Waals surface area contributed by atoms with Crippen molar-refractivity contribution in [2.24, 2.45) is 0 Å². The smallest absolute Gasteiger partial charge is 0.321 e. The molecule has 0 spiro atoms. The highest BCUT2D eigenvalue weighted by Crippen LogP contribution is 2.38. The molecule has 2 amide bonds. The largest absolute Gasteiger partial charge is 0.395 e. The van der Waals surface area contributed by atoms with Gasteiger partial charge < -0.3 is 15.5 Å². The Morgan fingerprint density at radius 2 is 1.88 bits per heavy atom. The van der Waals surface area contributed by atoms with E-state index in [1.165, 1.54) is 11.3 Å². The van der Waals surface area contributed by atoms with Gasteiger partial charge in [-0.25, -0.2) is 19.7 Å². The molecule has 0 saturated heterocycles. The summed E-state index contributed by atoms with van der Waals surface area (Å²) in [6.07, 6.45) is 5.05. The lowest BCUT2D eigenvalue weighted by Gasteiger charge is -2.15. The molecule has 0 saturated carbocycles. The summed E-state index contributed by atoms with van der Waals surface area (Å²) in [4.78, 5) is 29.6. The Kier molecular flexibility index (Phi) is 7.32. The van der Waals surface area contributed by atoms with E-state index in [0.29, 0.717) is 16.5 Å². The van der Waals surface area contributed by atoms with Gasteiger partial charge in [-0.05, 0) is 43.7 Å². The number of carbonyl (C=O) groups excluding carboxylic acids is 1. The average molecular weight is 467 g/mol. The van der Waals surface area contributed by atoms with E-state index in [2.05, 4.69) is 30.6 Å². The maximum Gasteiger partial charge on any atom is 0.321 e. The molecule has 0 radical (unpaired) electrons. The molecule has 0 fully saturated rings. The van der Waals surface area contributed by atoms with E-state index >= 15 is 0 Å². The van der Waals surface area contributed by atoms with Crippen molar-refractivity contribution in [1.29, 1.82) is 0 Å². The summed E-state index contributed by atoms with van der Waals surface area (Å²) in [5, 5.41) is 24.7. The maximum absolute atomic E-state index is 12.0. The van der Waals surface area contributed by atoms with E-state index in [4.69, 9.17) is 5.11 Å². The van der Waals surface area contributed by atoms with Gasteiger partial charge in [-0.1, -0.05) is 24.8 Å². The van der Waals surface area contributed by atoms with Crippen LogP contribution in [-0.2, 0) is 5.60 Å². The minimum atomic E-state index is -1.13. The van der Waals surface area contributed by atoms with Gasteiger partial charge in [-0.3, -0.25) is 10.3 Å². The number of benzene rings is 1. The summed E-state index contributed by atoms with van der Waals surface area (Å²) in [5.41, 5.74) is 2.80. The number of aromatic nitrogens is 4. The van der Waals surface area contributed by atoms with Crippen LogP contribution in [0.5, 0.6) is 0 Å². The molecule has 4 N–H and O–H groups in total. The Hall–Kier alpha value is -3.47. The molecule has 0 aliphatic carbocycles. The zero-order valence-corrected chi connectivity index (χ0v) is 18.3. The molecule has 0 atom stereocenters. The number of hydrogen-bond acceptors (Lipinski definition) is 8. The Morgan fingerprint density at radius 3 is 2.52 bits per heavy atom. The van der Waals surface area contributed by atoms with Gasteiger partial charge in [0.1, 0.15) is 5.60 Å². The number of rotatable bonds is 6. The van der Waals surface area contributed by atoms with E-state index in [1.54, 1.807) is 32.4 Å². The molecule has 9 nitrogen and oxygen atoms in total. The van der Waals surface area contributed by atoms with Crippen LogP contribution in [0.2, 0.25) is 0 Å². The SMILES string of the molecule is C.CC(C)(O)c1ncc(-c2cc(-c3ccccn3)c3sc(NC(=O)NCCO)nc3c2)cn1. The molecule has 33 heavy (non-hydrogen) atoms. The molecule has 0 aliphatic heterocycles. The first-order valence-corrected chi connectivity index (χ1v) is 10.7. The molecule has 4 aromatic rings. The second-order valence-corrected chi connectivity index (χ2v) is 8.56. The summed E-state index contributed by atoms with van der Waals surface area (Å²) < 4.78 is 0.874. The van der Waals surface area contributed by atoms with Crippen molar-refractivity contribution < 1.29 is 15.0 Å². The zero-order chi connectivity index (χ0) is 22.7. The molecule has 3 aromatic heterocycles. The molecule has 4 rings (SSSR count). The normalized spacial score (nSPS) is 11.2. The number of anilines is 1. The number of nitrogens with zero attached hydrogens (tertiary/aromatic N) is 4. The summed E-state index contributed by atoms with van der Waals surface area (Å²) in [6.45, 7) is 3.27. The standard InChI is InChI=1S/C22H22N6O3S.CH4/c1-22(2,31)19-25-11-14(12-26-19)13-9-15(16-5-3-4-6-23-16)18-17(10-13)27-21(32-18)28-20(30)24-7-8-29;/h3-6,9-12,29,31H,7-8H2,1-2H3,(H2,24,27,28,30);1H4. The highest BCUT2D eigenvalue weighted by molar-refractivity contribution is 7.22. The molecular formula is C23H26N6O3S. The molecule has 172 valence electrons. The van der Waals surface area contributed by atoms with E-state index in [0.717, 1.165) is 27.1 Å². The first-order valence-electron chi connectivity index (χ1n) is 9.92. The quantitative estimate of drug-likeness (QED) is 0.340. The predicted molar refractivity (Wildman–Crippen MR) is 130 cm³/mol. The summed E-state index contributed by atoms with van der Waals surface area (Å²) in [6, 6.07) is 9.11. The maximum atomic E-state index is 12.0. The minimum absolute atomic E-state index is 0. The molecule has 1 aromatic carbocycles. The zero-order valence-electron chi connectivity index (χ0n) is 17.5. The molecule has 3 heterocycles. The average Bonchev–Trinajstić information content (AvgIpc) is 3.19. The third-order valence-corrected chi connectivity index (χ3v) is 5.60. The van der Waals surface area contributed by atoms with Gasteiger partial charge in [0, 0.05) is 36.3 Å². The third-order valence-electron chi connectivity index (χ3n) is 4.58. The van der Waals surface area contributed by atoms with Crippen LogP contribution < -0.4 is 10.6 Å². The van der Waals surface area contributed by atoms with Crippen LogP contribution in [0.15, 0.2) is 48.9 Å². The molecule has 10 heteroatoms. The highest BCUT2D eigenvalue weighted by Gasteiger charge is 2.20. The van der Waals surface area contributed by atoms with Gasteiger partial charge in [0.15, 0.2) is 11.0 Å². The number of amides is 2. The third kappa shape index (κ3) is 5.48. The Morgan fingerprint density at radius 1 is 1.12 bits per heavy atom. The van der Waals surface area contributed by atoms with Crippen molar-refractivity contribution in [3.63, 3.8) is 0 Å². The summed E-state index contributed by atoms with van der Waals surface area (Å²) in [7, 11) is 0. The number of thiazole rings is 1. The van der Waals surface area contributed by atoms with Crippen LogP contribution in [0.4, 0.5) is 9.93 Å². The second kappa shape index (κ2) is 9.99. The van der Waals surface area contributed by atoms with E-state index in [9.17, 15) is 9.90 Å². The second-order valence-electron chi connectivity index (χ2n) is 7.56. The summed E-state index contributed by atoms with van der Waals surface area (Å²) >= 11 is 1.34. The van der Waals surface area contributed by atoms with Crippen LogP contribution >= 0.6 is 11.3 Å². The van der Waals surface area contributed by atoms with Crippen molar-refractivity contribution in [2.45, 2.75) is 26.9 Å². The minimum Gasteiger partial charge on any atom is -0.395 e. The van der Waals surface area contributed by atoms with Gasteiger partial charge in [-0.2, -0.15) is 0 Å². The fraction of sp³-hybridized carbons (Fsp3) is 0.261. The van der Waals surface area contributed by atoms with Crippen molar-refractivity contribution in [3.8, 4) is 22.4 Å². The summed E-state index contributed by atoms with van der Waals surface area (Å²) in [5.74, 6) is 0.335. The number of pyridine rings is 1. The van der Waals surface area contributed by atoms with E-state index in [-0.39, 0.29) is 20.6 Å². The van der Waals surface area contributed by atoms with Crippen LogP contribution in [0.3, 0.4) is 0 Å². The van der Waals surface area contributed by atoms with Crippen LogP contribution in [0.25, 0.3) is 32.6 Å². The first-order chi connectivity index (χ1) is 15.3. The molecular weight excluding hydrogens is 440 g/mol. The van der Waals surface area contributed by atoms with E-state index < -0.39 is 11.6 Å². The van der Waals surface area contributed by atoms with Crippen molar-refractivity contribution in [2.75, 3.05) is 18.5 Å². The number of urea groups is 1. The van der Waals surface area contributed by atoms with Crippen LogP contribution in [0.1, 0.15) is 27.1 Å². The Balaban J connectivity index is 0.00000306. The lowest BCUT2D eigenvalue weighted by Crippen LogP contribution is -2.30. The molecule has 0 bridgehead atoms. The Labute approximate surface area is 195 Å². The van der Waals surface area contributed by atoms with Gasteiger partial charge in [-0.15, -0.1) is 0 Å². The lowest BCUT2D eigenvalue weighted by molar-refractivity contribution is 0.0687. The predicted octanol–water partition coefficient (Wildman–Crippen LogP) is 3.79. The van der Waals surface area contributed by atoms with Crippen molar-refractivity contribution >= 4 is 32.7 Å². The molecule has 0 aliphatic rings. The fourth-order valence-corrected chi connectivity index (χ4v) is 4.03. The van der Waals surface area contributed by atoms with Gasteiger partial charge >= 0.3 is 6.03 Å². The number of aliphatic hydroxyl groups excluding tert-OH is 1. The van der Waals surface area contributed by atoms with Crippen molar-refractivity contribution in [1.82, 2.24) is 25.3 Å². The van der Waals surface area contributed by atoms with E-state index in [1.807, 2.05) is 30.3 Å². The number of hydrogen-bond donors (Lipinski definition) is 4. The van der Waals surface area contributed by atoms with Crippen LogP contribution in [-0.4, -0.2) is 49.3 Å². The number of fused-ring (bicyclic) bond motifs is 1. The Bertz CT molecular complexity index is 1240. The van der Waals surface area contributed by atoms with Gasteiger partial charge in [0.2, 0.25) is 0 Å². The molecule has 0 unspecified atom stereocenters. The number of carbonyl (C=O) groups is 1. The van der Waals surface area contributed by atoms with Gasteiger partial charge in [0.05, 0.1) is 22.5 Å². The van der Waals surface area contributed by atoms with Crippen molar-refractivity contribution in [3.05, 3.63) is 54.7 Å². The first kappa shape index (κ1) is 24.2. The number of aliphatic hydroxyl groups is 2. The monoisotopic (exact) mass is 466 g/mol. The topological polar surface area (TPSA) is 133 Å². The van der Waals surface area contributed by atoms with Crippen LogP contribution in [0, 0.1) is 0 Å². The number of nitrogens with one attached hydrogen (secondary N) is 2. The highest BCUT2D eigenvalue weighted by atomic mass is 32.1. The lowest BCUT2D eigenvalue weighted by atomic mass is 10.0.